The Balaban J connectivity index is 2.65. The number of aromatic nitrogens is 1. The van der Waals surface area contributed by atoms with E-state index in [1.165, 1.54) is 24.5 Å². The van der Waals surface area contributed by atoms with Crippen molar-refractivity contribution in [1.29, 1.82) is 5.41 Å². The van der Waals surface area contributed by atoms with E-state index in [1.807, 2.05) is 0 Å². The molecule has 0 unspecified atom stereocenters. The molecule has 1 amide bonds. The second-order valence-corrected chi connectivity index (χ2v) is 2.58. The second kappa shape index (κ2) is 4.70. The van der Waals surface area contributed by atoms with E-state index < -0.39 is 11.9 Å². The highest BCUT2D eigenvalue weighted by molar-refractivity contribution is 6.07. The summed E-state index contributed by atoms with van der Waals surface area (Å²) in [4.78, 5) is 18.5. The summed E-state index contributed by atoms with van der Waals surface area (Å²) in [6.07, 6.45) is 2.94. The van der Waals surface area contributed by atoms with Gasteiger partial charge in [-0.25, -0.2) is 0 Å². The van der Waals surface area contributed by atoms with E-state index in [-0.39, 0.29) is 5.96 Å². The molecule has 15 heavy (non-hydrogen) atoms. The molecule has 1 heterocycles. The fourth-order valence-corrected chi connectivity index (χ4v) is 0.840. The predicted octanol–water partition coefficient (Wildman–Crippen LogP) is -0.980. The lowest BCUT2D eigenvalue weighted by Crippen LogP contribution is -2.32. The summed E-state index contributed by atoms with van der Waals surface area (Å²) in [7, 11) is 0. The number of amides is 1. The highest BCUT2D eigenvalue weighted by Crippen LogP contribution is 1.95. The average molecular weight is 206 g/mol. The highest BCUT2D eigenvalue weighted by Gasteiger charge is 2.06. The zero-order valence-corrected chi connectivity index (χ0v) is 7.77. The van der Waals surface area contributed by atoms with Crippen molar-refractivity contribution in [2.45, 2.75) is 0 Å². The lowest BCUT2D eigenvalue weighted by atomic mass is 10.2. The smallest absolute Gasteiger partial charge is 0.258 e. The number of hydrogen-bond acceptors (Lipinski definition) is 3. The van der Waals surface area contributed by atoms with Gasteiger partial charge in [0.15, 0.2) is 5.96 Å². The Kier molecular flexibility index (Phi) is 3.33. The van der Waals surface area contributed by atoms with E-state index in [0.29, 0.717) is 5.56 Å². The maximum Gasteiger partial charge on any atom is 0.258 e. The summed E-state index contributed by atoms with van der Waals surface area (Å²) < 4.78 is 0. The van der Waals surface area contributed by atoms with Crippen LogP contribution in [0.1, 0.15) is 10.4 Å². The van der Waals surface area contributed by atoms with E-state index in [9.17, 15) is 4.79 Å². The zero-order valence-electron chi connectivity index (χ0n) is 7.77. The monoisotopic (exact) mass is 206 g/mol. The minimum atomic E-state index is -0.465. The van der Waals surface area contributed by atoms with Gasteiger partial charge < -0.3 is 11.5 Å². The molecule has 1 rings (SSSR count). The number of guanidine groups is 2. The highest BCUT2D eigenvalue weighted by atomic mass is 16.1. The third kappa shape index (κ3) is 3.43. The van der Waals surface area contributed by atoms with Gasteiger partial charge in [-0.15, -0.1) is 0 Å². The third-order valence-electron chi connectivity index (χ3n) is 1.42. The number of hydrogen-bond donors (Lipinski definition) is 4. The van der Waals surface area contributed by atoms with Gasteiger partial charge in [-0.1, -0.05) is 0 Å². The molecule has 0 fully saturated rings. The Morgan fingerprint density at radius 2 is 2.00 bits per heavy atom. The molecule has 0 aliphatic rings. The molecule has 6 N–H and O–H groups in total. The van der Waals surface area contributed by atoms with Gasteiger partial charge in [-0.2, -0.15) is 4.99 Å². The van der Waals surface area contributed by atoms with Gasteiger partial charge in [0, 0.05) is 18.0 Å². The number of nitrogens with zero attached hydrogens (tertiary/aromatic N) is 2. The summed E-state index contributed by atoms with van der Waals surface area (Å²) in [6, 6.07) is 3.02. The second-order valence-electron chi connectivity index (χ2n) is 2.58. The Hall–Kier alpha value is -2.44. The molecular formula is C8H10N6O. The van der Waals surface area contributed by atoms with Gasteiger partial charge in [0.05, 0.1) is 0 Å². The number of carbonyl (C=O) groups is 1. The fraction of sp³-hybridized carbons (Fsp3) is 0. The van der Waals surface area contributed by atoms with Crippen LogP contribution in [0.4, 0.5) is 0 Å². The van der Waals surface area contributed by atoms with Crippen LogP contribution in [-0.2, 0) is 0 Å². The molecule has 0 saturated carbocycles. The maximum absolute atomic E-state index is 11.4. The summed E-state index contributed by atoms with van der Waals surface area (Å²) >= 11 is 0. The van der Waals surface area contributed by atoms with Gasteiger partial charge in [0.1, 0.15) is 0 Å². The summed E-state index contributed by atoms with van der Waals surface area (Å²) in [5.41, 5.74) is 10.4. The summed E-state index contributed by atoms with van der Waals surface area (Å²) in [5.74, 6) is -1.15. The van der Waals surface area contributed by atoms with Crippen LogP contribution < -0.4 is 16.8 Å². The first-order valence-corrected chi connectivity index (χ1v) is 3.99. The lowest BCUT2D eigenvalue weighted by molar-refractivity contribution is 0.0976. The molecular weight excluding hydrogens is 196 g/mol. The maximum atomic E-state index is 11.4. The first-order valence-electron chi connectivity index (χ1n) is 3.99. The van der Waals surface area contributed by atoms with Crippen molar-refractivity contribution >= 4 is 17.8 Å². The Morgan fingerprint density at radius 3 is 2.53 bits per heavy atom. The molecule has 7 nitrogen and oxygen atoms in total. The van der Waals surface area contributed by atoms with Gasteiger partial charge in [-0.05, 0) is 12.1 Å². The van der Waals surface area contributed by atoms with E-state index >= 15 is 0 Å². The number of carbonyl (C=O) groups excluding carboxylic acids is 1. The van der Waals surface area contributed by atoms with Crippen molar-refractivity contribution < 1.29 is 4.79 Å². The third-order valence-corrected chi connectivity index (χ3v) is 1.42. The van der Waals surface area contributed by atoms with Crippen LogP contribution >= 0.6 is 0 Å². The average Bonchev–Trinajstić information content (AvgIpc) is 2.17. The van der Waals surface area contributed by atoms with Crippen LogP contribution in [0.15, 0.2) is 29.5 Å². The first-order chi connectivity index (χ1) is 7.09. The summed E-state index contributed by atoms with van der Waals surface area (Å²) in [6.45, 7) is 0. The Labute approximate surface area is 85.7 Å². The molecule has 0 aromatic carbocycles. The van der Waals surface area contributed by atoms with Crippen LogP contribution in [0.2, 0.25) is 0 Å². The number of aliphatic imine (C=N–C) groups is 1. The number of rotatable bonds is 1. The number of nitrogens with two attached hydrogens (primary N) is 2. The van der Waals surface area contributed by atoms with Crippen molar-refractivity contribution in [3.05, 3.63) is 30.1 Å². The molecule has 78 valence electrons. The van der Waals surface area contributed by atoms with Crippen molar-refractivity contribution in [2.75, 3.05) is 0 Å². The van der Waals surface area contributed by atoms with E-state index in [2.05, 4.69) is 15.3 Å². The van der Waals surface area contributed by atoms with E-state index in [0.717, 1.165) is 0 Å². The van der Waals surface area contributed by atoms with Gasteiger partial charge in [0.2, 0.25) is 5.96 Å². The number of nitrogens with one attached hydrogen (secondary N) is 2. The Bertz CT molecular complexity index is 395. The molecule has 0 saturated heterocycles. The summed E-state index contributed by atoms with van der Waals surface area (Å²) in [5, 5.41) is 9.40. The topological polar surface area (TPSA) is 130 Å². The van der Waals surface area contributed by atoms with Crippen molar-refractivity contribution in [3.63, 3.8) is 0 Å². The Morgan fingerprint density at radius 1 is 1.40 bits per heavy atom. The molecule has 1 aromatic rings. The molecule has 0 spiro atoms. The minimum absolute atomic E-state index is 0.282. The molecule has 0 radical (unpaired) electrons. The number of pyridine rings is 1. The van der Waals surface area contributed by atoms with Crippen molar-refractivity contribution in [1.82, 2.24) is 10.3 Å². The minimum Gasteiger partial charge on any atom is -0.370 e. The standard InChI is InChI=1S/C8H10N6O/c9-7(10)14-8(11)13-6(15)5-1-3-12-4-2-5/h1-4H,(H6,9,10,11,13,14,15). The quantitative estimate of drug-likeness (QED) is 0.347. The van der Waals surface area contributed by atoms with Gasteiger partial charge >= 0.3 is 0 Å². The van der Waals surface area contributed by atoms with E-state index in [4.69, 9.17) is 16.9 Å². The molecule has 0 atom stereocenters. The van der Waals surface area contributed by atoms with Gasteiger partial charge in [-0.3, -0.25) is 20.5 Å². The van der Waals surface area contributed by atoms with E-state index in [1.54, 1.807) is 0 Å². The molecule has 0 aliphatic heterocycles. The SMILES string of the molecule is N=C(N=C(N)N)NC(=O)c1ccncc1. The zero-order chi connectivity index (χ0) is 11.3. The first kappa shape index (κ1) is 10.6. The van der Waals surface area contributed by atoms with Crippen LogP contribution in [0.5, 0.6) is 0 Å². The van der Waals surface area contributed by atoms with Gasteiger partial charge in [0.25, 0.3) is 5.91 Å². The van der Waals surface area contributed by atoms with Crippen LogP contribution in [-0.4, -0.2) is 22.8 Å². The lowest BCUT2D eigenvalue weighted by Gasteiger charge is -2.01. The normalized spacial score (nSPS) is 9.07. The van der Waals surface area contributed by atoms with Crippen LogP contribution in [0, 0.1) is 5.41 Å². The van der Waals surface area contributed by atoms with Crippen molar-refractivity contribution in [2.24, 2.45) is 16.5 Å². The molecule has 0 bridgehead atoms. The molecule has 1 aromatic heterocycles. The van der Waals surface area contributed by atoms with Crippen LogP contribution in [0.25, 0.3) is 0 Å². The van der Waals surface area contributed by atoms with Crippen LogP contribution in [0.3, 0.4) is 0 Å². The molecule has 0 aliphatic carbocycles. The fourth-order valence-electron chi connectivity index (χ4n) is 0.840. The predicted molar refractivity (Wildman–Crippen MR) is 55.2 cm³/mol. The molecule has 7 heteroatoms. The van der Waals surface area contributed by atoms with Crippen molar-refractivity contribution in [3.8, 4) is 0 Å². The largest absolute Gasteiger partial charge is 0.370 e.